The Balaban J connectivity index is 1.84. The van der Waals surface area contributed by atoms with E-state index in [-0.39, 0.29) is 22.9 Å². The number of nitrogens with two attached hydrogens (primary N) is 1. The molecule has 3 rings (SSSR count). The second-order valence-corrected chi connectivity index (χ2v) is 7.54. The molecule has 0 spiro atoms. The SMILES string of the molecule is Cc1cccc(N)c1C(=O)OC1CC2CCC1(C)C2(C)C. The van der Waals surface area contributed by atoms with Gasteiger partial charge < -0.3 is 10.5 Å². The number of hydrogen-bond donors (Lipinski definition) is 1. The van der Waals surface area contributed by atoms with Crippen LogP contribution in [0.5, 0.6) is 0 Å². The number of aryl methyl sites for hydroxylation is 1. The van der Waals surface area contributed by atoms with E-state index < -0.39 is 0 Å². The predicted molar refractivity (Wildman–Crippen MR) is 84.0 cm³/mol. The van der Waals surface area contributed by atoms with Crippen molar-refractivity contribution >= 4 is 11.7 Å². The molecule has 0 heterocycles. The Labute approximate surface area is 126 Å². The van der Waals surface area contributed by atoms with E-state index in [0.717, 1.165) is 18.4 Å². The first-order valence-corrected chi connectivity index (χ1v) is 7.83. The number of carbonyl (C=O) groups is 1. The quantitative estimate of drug-likeness (QED) is 0.662. The number of esters is 1. The van der Waals surface area contributed by atoms with Crippen LogP contribution in [0.15, 0.2) is 18.2 Å². The molecule has 2 bridgehead atoms. The Morgan fingerprint density at radius 2 is 2.05 bits per heavy atom. The fraction of sp³-hybridized carbons (Fsp3) is 0.611. The Morgan fingerprint density at radius 3 is 2.57 bits per heavy atom. The van der Waals surface area contributed by atoms with E-state index >= 15 is 0 Å². The molecule has 21 heavy (non-hydrogen) atoms. The highest BCUT2D eigenvalue weighted by molar-refractivity contribution is 5.96. The fourth-order valence-electron chi connectivity index (χ4n) is 4.47. The number of fused-ring (bicyclic) bond motifs is 2. The van der Waals surface area contributed by atoms with Crippen molar-refractivity contribution < 1.29 is 9.53 Å². The van der Waals surface area contributed by atoms with Crippen molar-refractivity contribution in [1.82, 2.24) is 0 Å². The summed E-state index contributed by atoms with van der Waals surface area (Å²) >= 11 is 0. The third-order valence-corrected chi connectivity index (χ3v) is 6.47. The van der Waals surface area contributed by atoms with Crippen LogP contribution < -0.4 is 5.73 Å². The molecule has 2 N–H and O–H groups in total. The van der Waals surface area contributed by atoms with Gasteiger partial charge in [-0.3, -0.25) is 0 Å². The summed E-state index contributed by atoms with van der Waals surface area (Å²) in [6.07, 6.45) is 3.40. The molecule has 1 aromatic rings. The van der Waals surface area contributed by atoms with Crippen molar-refractivity contribution in [2.45, 2.75) is 53.1 Å². The summed E-state index contributed by atoms with van der Waals surface area (Å²) < 4.78 is 5.91. The van der Waals surface area contributed by atoms with Gasteiger partial charge in [0.1, 0.15) is 6.10 Å². The standard InChI is InChI=1S/C18H25NO2/c1-11-6-5-7-13(19)15(11)16(20)21-14-10-12-8-9-18(14,4)17(12,2)3/h5-7,12,14H,8-10,19H2,1-4H3. The van der Waals surface area contributed by atoms with Gasteiger partial charge in [-0.1, -0.05) is 32.9 Å². The Kier molecular flexibility index (Phi) is 3.09. The number of nitrogen functional groups attached to an aromatic ring is 1. The minimum Gasteiger partial charge on any atom is -0.458 e. The van der Waals surface area contributed by atoms with Gasteiger partial charge in [0.05, 0.1) is 5.56 Å². The number of carbonyl (C=O) groups excluding carboxylic acids is 1. The molecule has 0 saturated heterocycles. The minimum absolute atomic E-state index is 0.0118. The highest BCUT2D eigenvalue weighted by Crippen LogP contribution is 2.66. The van der Waals surface area contributed by atoms with Crippen molar-refractivity contribution in [3.05, 3.63) is 29.3 Å². The van der Waals surface area contributed by atoms with Gasteiger partial charge >= 0.3 is 5.97 Å². The molecule has 2 fully saturated rings. The van der Waals surface area contributed by atoms with Gasteiger partial charge in [0.15, 0.2) is 0 Å². The summed E-state index contributed by atoms with van der Waals surface area (Å²) in [5.74, 6) is 0.398. The summed E-state index contributed by atoms with van der Waals surface area (Å²) in [5.41, 5.74) is 8.21. The zero-order valence-corrected chi connectivity index (χ0v) is 13.4. The second-order valence-electron chi connectivity index (χ2n) is 7.54. The van der Waals surface area contributed by atoms with Crippen molar-refractivity contribution in [3.8, 4) is 0 Å². The molecular weight excluding hydrogens is 262 g/mol. The first kappa shape index (κ1) is 14.4. The number of anilines is 1. The van der Waals surface area contributed by atoms with E-state index in [1.54, 1.807) is 6.07 Å². The van der Waals surface area contributed by atoms with Crippen LogP contribution in [0, 0.1) is 23.7 Å². The van der Waals surface area contributed by atoms with E-state index in [9.17, 15) is 4.79 Å². The number of hydrogen-bond acceptors (Lipinski definition) is 3. The third kappa shape index (κ3) is 1.90. The summed E-state index contributed by atoms with van der Waals surface area (Å²) in [6, 6.07) is 5.53. The lowest BCUT2D eigenvalue weighted by Crippen LogP contribution is -2.38. The van der Waals surface area contributed by atoms with Crippen molar-refractivity contribution in [3.63, 3.8) is 0 Å². The van der Waals surface area contributed by atoms with Crippen molar-refractivity contribution in [2.75, 3.05) is 5.73 Å². The maximum absolute atomic E-state index is 12.6. The van der Waals surface area contributed by atoms with Gasteiger partial charge in [-0.25, -0.2) is 4.79 Å². The molecule has 3 unspecified atom stereocenters. The molecule has 3 heteroatoms. The first-order valence-electron chi connectivity index (χ1n) is 7.83. The summed E-state index contributed by atoms with van der Waals surface area (Å²) in [4.78, 5) is 12.6. The topological polar surface area (TPSA) is 52.3 Å². The molecule has 2 aliphatic rings. The molecular formula is C18H25NO2. The Bertz CT molecular complexity index is 573. The molecule has 2 aliphatic carbocycles. The lowest BCUT2D eigenvalue weighted by atomic mass is 9.70. The predicted octanol–water partition coefficient (Wildman–Crippen LogP) is 3.95. The van der Waals surface area contributed by atoms with Gasteiger partial charge in [0.25, 0.3) is 0 Å². The van der Waals surface area contributed by atoms with Crippen LogP contribution in [-0.2, 0) is 4.74 Å². The summed E-state index contributed by atoms with van der Waals surface area (Å²) in [6.45, 7) is 8.82. The molecule has 0 amide bonds. The average molecular weight is 287 g/mol. The summed E-state index contributed by atoms with van der Waals surface area (Å²) in [7, 11) is 0. The molecule has 3 atom stereocenters. The minimum atomic E-state index is -0.264. The van der Waals surface area contributed by atoms with Crippen LogP contribution in [0.2, 0.25) is 0 Å². The van der Waals surface area contributed by atoms with E-state index in [1.807, 2.05) is 19.1 Å². The van der Waals surface area contributed by atoms with Gasteiger partial charge in [-0.05, 0) is 49.1 Å². The van der Waals surface area contributed by atoms with E-state index in [0.29, 0.717) is 17.2 Å². The van der Waals surface area contributed by atoms with Gasteiger partial charge in [0, 0.05) is 11.1 Å². The molecule has 0 aliphatic heterocycles. The fourth-order valence-corrected chi connectivity index (χ4v) is 4.47. The van der Waals surface area contributed by atoms with Gasteiger partial charge in [0.2, 0.25) is 0 Å². The lowest BCUT2D eigenvalue weighted by molar-refractivity contribution is -0.0242. The highest BCUT2D eigenvalue weighted by atomic mass is 16.5. The smallest absolute Gasteiger partial charge is 0.340 e. The second kappa shape index (κ2) is 4.49. The molecule has 0 radical (unpaired) electrons. The van der Waals surface area contributed by atoms with E-state index in [2.05, 4.69) is 20.8 Å². The van der Waals surface area contributed by atoms with Crippen LogP contribution in [-0.4, -0.2) is 12.1 Å². The van der Waals surface area contributed by atoms with Crippen LogP contribution in [0.25, 0.3) is 0 Å². The average Bonchev–Trinajstić information content (AvgIpc) is 2.71. The maximum Gasteiger partial charge on any atom is 0.340 e. The van der Waals surface area contributed by atoms with Crippen LogP contribution in [0.3, 0.4) is 0 Å². The van der Waals surface area contributed by atoms with E-state index in [4.69, 9.17) is 10.5 Å². The monoisotopic (exact) mass is 287 g/mol. The molecule has 114 valence electrons. The molecule has 2 saturated carbocycles. The molecule has 0 aromatic heterocycles. The normalized spacial score (nSPS) is 33.1. The molecule has 3 nitrogen and oxygen atoms in total. The van der Waals surface area contributed by atoms with Gasteiger partial charge in [-0.2, -0.15) is 0 Å². The largest absolute Gasteiger partial charge is 0.458 e. The number of rotatable bonds is 2. The van der Waals surface area contributed by atoms with Crippen LogP contribution in [0.1, 0.15) is 56.0 Å². The number of ether oxygens (including phenoxy) is 1. The van der Waals surface area contributed by atoms with Gasteiger partial charge in [-0.15, -0.1) is 0 Å². The van der Waals surface area contributed by atoms with Crippen LogP contribution in [0.4, 0.5) is 5.69 Å². The highest BCUT2D eigenvalue weighted by Gasteiger charge is 2.62. The zero-order chi connectivity index (χ0) is 15.4. The number of benzene rings is 1. The lowest BCUT2D eigenvalue weighted by Gasteiger charge is -2.38. The molecule has 1 aromatic carbocycles. The van der Waals surface area contributed by atoms with Crippen LogP contribution >= 0.6 is 0 Å². The Morgan fingerprint density at radius 1 is 1.33 bits per heavy atom. The Hall–Kier alpha value is -1.51. The zero-order valence-electron chi connectivity index (χ0n) is 13.4. The van der Waals surface area contributed by atoms with E-state index in [1.165, 1.54) is 6.42 Å². The third-order valence-electron chi connectivity index (χ3n) is 6.47. The first-order chi connectivity index (χ1) is 9.77. The summed E-state index contributed by atoms with van der Waals surface area (Å²) in [5, 5.41) is 0. The maximum atomic E-state index is 12.6. The van der Waals surface area contributed by atoms with Crippen molar-refractivity contribution in [2.24, 2.45) is 16.7 Å². The van der Waals surface area contributed by atoms with Crippen molar-refractivity contribution in [1.29, 1.82) is 0 Å².